The van der Waals surface area contributed by atoms with Crippen molar-refractivity contribution >= 4 is 37.5 Å². The van der Waals surface area contributed by atoms with Gasteiger partial charge in [-0.2, -0.15) is 0 Å². The minimum absolute atomic E-state index is 0.132. The van der Waals surface area contributed by atoms with Gasteiger partial charge in [-0.25, -0.2) is 17.2 Å². The predicted octanol–water partition coefficient (Wildman–Crippen LogP) is 1.38. The summed E-state index contributed by atoms with van der Waals surface area (Å²) in [4.78, 5) is 11.9. The molecule has 0 radical (unpaired) electrons. The summed E-state index contributed by atoms with van der Waals surface area (Å²) in [5.41, 5.74) is -0.633. The maximum absolute atomic E-state index is 13.4. The van der Waals surface area contributed by atoms with E-state index in [2.05, 4.69) is 31.4 Å². The Morgan fingerprint density at radius 3 is 2.52 bits per heavy atom. The molecule has 7 nitrogen and oxygen atoms in total. The number of carbonyl (C=O) groups is 1. The summed E-state index contributed by atoms with van der Waals surface area (Å²) < 4.78 is 48.9. The van der Waals surface area contributed by atoms with E-state index in [9.17, 15) is 22.0 Å². The molecule has 112 valence electrons. The van der Waals surface area contributed by atoms with Gasteiger partial charge < -0.3 is 5.32 Å². The molecule has 2 rings (SSSR count). The molecule has 1 amide bonds. The third-order valence-corrected chi connectivity index (χ3v) is 3.54. The summed E-state index contributed by atoms with van der Waals surface area (Å²) >= 11 is 2.88. The lowest BCUT2D eigenvalue weighted by molar-refractivity contribution is 0.102. The van der Waals surface area contributed by atoms with E-state index in [1.165, 1.54) is 0 Å². The average molecular weight is 381 g/mol. The first kappa shape index (κ1) is 15.5. The van der Waals surface area contributed by atoms with Gasteiger partial charge in [0.05, 0.1) is 11.9 Å². The molecule has 1 aromatic heterocycles. The zero-order valence-electron chi connectivity index (χ0n) is 10.3. The van der Waals surface area contributed by atoms with Crippen LogP contribution in [0.3, 0.4) is 0 Å². The maximum atomic E-state index is 13.4. The van der Waals surface area contributed by atoms with Gasteiger partial charge in [0.2, 0.25) is 0 Å². The number of rotatable bonds is 3. The lowest BCUT2D eigenvalue weighted by atomic mass is 10.3. The molecule has 11 heteroatoms. The zero-order valence-corrected chi connectivity index (χ0v) is 12.7. The van der Waals surface area contributed by atoms with Crippen LogP contribution in [-0.4, -0.2) is 35.0 Å². The lowest BCUT2D eigenvalue weighted by Crippen LogP contribution is -2.17. The Bertz CT molecular complexity index is 822. The summed E-state index contributed by atoms with van der Waals surface area (Å²) in [6, 6.07) is 2.58. The van der Waals surface area contributed by atoms with E-state index < -0.39 is 27.6 Å². The quantitative estimate of drug-likeness (QED) is 0.867. The van der Waals surface area contributed by atoms with Crippen LogP contribution in [0.25, 0.3) is 0 Å². The lowest BCUT2D eigenvalue weighted by Gasteiger charge is -2.04. The van der Waals surface area contributed by atoms with Gasteiger partial charge in [-0.3, -0.25) is 4.79 Å². The summed E-state index contributed by atoms with van der Waals surface area (Å²) in [5, 5.41) is 9.13. The number of halogens is 3. The largest absolute Gasteiger partial charge is 0.318 e. The van der Waals surface area contributed by atoms with Gasteiger partial charge >= 0.3 is 0 Å². The maximum Gasteiger partial charge on any atom is 0.279 e. The molecule has 0 atom stereocenters. The predicted molar refractivity (Wildman–Crippen MR) is 72.3 cm³/mol. The molecule has 1 N–H and O–H groups in total. The van der Waals surface area contributed by atoms with Crippen molar-refractivity contribution in [2.45, 2.75) is 0 Å². The SMILES string of the molecule is CS(=O)(=O)n1nc(Br)c(C(=O)Nc2ccc(F)cc2F)n1. The Labute approximate surface area is 126 Å². The Balaban J connectivity index is 2.31. The highest BCUT2D eigenvalue weighted by molar-refractivity contribution is 9.10. The number of anilines is 1. The summed E-state index contributed by atoms with van der Waals surface area (Å²) in [6.07, 6.45) is 0.848. The molecule has 2 aromatic rings. The van der Waals surface area contributed by atoms with Gasteiger partial charge in [0.1, 0.15) is 11.6 Å². The molecule has 0 unspecified atom stereocenters. The van der Waals surface area contributed by atoms with E-state index in [0.717, 1.165) is 18.4 Å². The standard InChI is InChI=1S/C10H7BrF2N4O3S/c1-21(19,20)17-15-8(9(11)16-17)10(18)14-7-3-2-5(12)4-6(7)13/h2-4H,1H3,(H,14,18). The Morgan fingerprint density at radius 2 is 2.00 bits per heavy atom. The second kappa shape index (κ2) is 5.48. The van der Waals surface area contributed by atoms with E-state index in [4.69, 9.17) is 0 Å². The van der Waals surface area contributed by atoms with E-state index in [1.54, 1.807) is 0 Å². The van der Waals surface area contributed by atoms with Crippen molar-refractivity contribution in [2.75, 3.05) is 11.6 Å². The van der Waals surface area contributed by atoms with Crippen LogP contribution in [-0.2, 0) is 10.0 Å². The van der Waals surface area contributed by atoms with Gasteiger partial charge in [0, 0.05) is 6.07 Å². The molecule has 0 fully saturated rings. The van der Waals surface area contributed by atoms with E-state index in [0.29, 0.717) is 10.3 Å². The summed E-state index contributed by atoms with van der Waals surface area (Å²) in [6.45, 7) is 0. The second-order valence-electron chi connectivity index (χ2n) is 3.90. The Kier molecular flexibility index (Phi) is 4.05. The van der Waals surface area contributed by atoms with Crippen LogP contribution in [0.2, 0.25) is 0 Å². The van der Waals surface area contributed by atoms with E-state index >= 15 is 0 Å². The zero-order chi connectivity index (χ0) is 15.8. The molecule has 0 aliphatic heterocycles. The van der Waals surface area contributed by atoms with Gasteiger partial charge in [-0.15, -0.1) is 10.2 Å². The fraction of sp³-hybridized carbons (Fsp3) is 0.100. The normalized spacial score (nSPS) is 11.4. The van der Waals surface area contributed by atoms with Gasteiger partial charge in [-0.1, -0.05) is 4.20 Å². The topological polar surface area (TPSA) is 94.0 Å². The average Bonchev–Trinajstić information content (AvgIpc) is 2.75. The van der Waals surface area contributed by atoms with Crippen molar-refractivity contribution < 1.29 is 22.0 Å². The fourth-order valence-corrected chi connectivity index (χ4v) is 2.31. The second-order valence-corrected chi connectivity index (χ2v) is 6.45. The van der Waals surface area contributed by atoms with E-state index in [-0.39, 0.29) is 16.0 Å². The van der Waals surface area contributed by atoms with Crippen molar-refractivity contribution in [3.63, 3.8) is 0 Å². The van der Waals surface area contributed by atoms with Crippen molar-refractivity contribution in [1.29, 1.82) is 0 Å². The number of amides is 1. The molecule has 1 heterocycles. The molecule has 0 saturated heterocycles. The Hall–Kier alpha value is -1.88. The third kappa shape index (κ3) is 3.42. The number of hydrogen-bond donors (Lipinski definition) is 1. The first-order chi connectivity index (χ1) is 9.68. The Morgan fingerprint density at radius 1 is 1.33 bits per heavy atom. The van der Waals surface area contributed by atoms with Crippen molar-refractivity contribution in [3.05, 3.63) is 40.1 Å². The minimum Gasteiger partial charge on any atom is -0.318 e. The summed E-state index contributed by atoms with van der Waals surface area (Å²) in [5.74, 6) is -2.67. The molecule has 1 aromatic carbocycles. The highest BCUT2D eigenvalue weighted by Gasteiger charge is 2.21. The molecule has 0 saturated carbocycles. The first-order valence-electron chi connectivity index (χ1n) is 5.28. The van der Waals surface area contributed by atoms with Crippen LogP contribution in [0.15, 0.2) is 22.8 Å². The van der Waals surface area contributed by atoms with Crippen LogP contribution >= 0.6 is 15.9 Å². The van der Waals surface area contributed by atoms with Crippen molar-refractivity contribution in [3.8, 4) is 0 Å². The number of carbonyl (C=O) groups excluding carboxylic acids is 1. The minimum atomic E-state index is -3.76. The van der Waals surface area contributed by atoms with Gasteiger partial charge in [0.15, 0.2) is 10.3 Å². The molecule has 0 bridgehead atoms. The smallest absolute Gasteiger partial charge is 0.279 e. The van der Waals surface area contributed by atoms with Crippen molar-refractivity contribution in [1.82, 2.24) is 14.4 Å². The highest BCUT2D eigenvalue weighted by atomic mass is 79.9. The van der Waals surface area contributed by atoms with Crippen LogP contribution < -0.4 is 5.32 Å². The van der Waals surface area contributed by atoms with E-state index in [1.807, 2.05) is 0 Å². The number of benzene rings is 1. The molecule has 0 aliphatic carbocycles. The molecule has 0 spiro atoms. The van der Waals surface area contributed by atoms with Crippen LogP contribution in [0, 0.1) is 11.6 Å². The highest BCUT2D eigenvalue weighted by Crippen LogP contribution is 2.18. The molecular weight excluding hydrogens is 374 g/mol. The van der Waals surface area contributed by atoms with Crippen LogP contribution in [0.4, 0.5) is 14.5 Å². The number of aromatic nitrogens is 3. The molecular formula is C10H7BrF2N4O3S. The monoisotopic (exact) mass is 380 g/mol. The van der Waals surface area contributed by atoms with Crippen LogP contribution in [0.5, 0.6) is 0 Å². The first-order valence-corrected chi connectivity index (χ1v) is 7.92. The summed E-state index contributed by atoms with van der Waals surface area (Å²) in [7, 11) is -3.76. The number of nitrogens with zero attached hydrogens (tertiary/aromatic N) is 3. The number of nitrogens with one attached hydrogen (secondary N) is 1. The number of hydrogen-bond acceptors (Lipinski definition) is 5. The van der Waals surface area contributed by atoms with Gasteiger partial charge in [-0.05, 0) is 28.1 Å². The van der Waals surface area contributed by atoms with Crippen LogP contribution in [0.1, 0.15) is 10.5 Å². The third-order valence-electron chi connectivity index (χ3n) is 2.25. The van der Waals surface area contributed by atoms with Gasteiger partial charge in [0.25, 0.3) is 15.9 Å². The molecule has 21 heavy (non-hydrogen) atoms. The van der Waals surface area contributed by atoms with Crippen molar-refractivity contribution in [2.24, 2.45) is 0 Å². The fourth-order valence-electron chi connectivity index (χ4n) is 1.33. The molecule has 0 aliphatic rings.